The van der Waals surface area contributed by atoms with E-state index in [1.807, 2.05) is 48.2 Å². The van der Waals surface area contributed by atoms with Crippen LogP contribution >= 0.6 is 0 Å². The first-order valence-corrected chi connectivity index (χ1v) is 8.70. The van der Waals surface area contributed by atoms with E-state index in [9.17, 15) is 8.42 Å². The van der Waals surface area contributed by atoms with Gasteiger partial charge in [-0.3, -0.25) is 0 Å². The number of likely N-dealkylation sites (N-methyl/N-ethyl adjacent to an activating group) is 1. The predicted octanol–water partition coefficient (Wildman–Crippen LogP) is 2.60. The second kappa shape index (κ2) is 5.98. The number of sulfonamides is 1. The van der Waals surface area contributed by atoms with Crippen LogP contribution in [0, 0.1) is 0 Å². The Kier molecular flexibility index (Phi) is 4.04. The molecule has 0 spiro atoms. The van der Waals surface area contributed by atoms with Gasteiger partial charge in [0.15, 0.2) is 0 Å². The highest BCUT2D eigenvalue weighted by Crippen LogP contribution is 2.32. The Morgan fingerprint density at radius 2 is 1.91 bits per heavy atom. The van der Waals surface area contributed by atoms with Crippen LogP contribution in [0.25, 0.3) is 0 Å². The minimum absolute atomic E-state index is 0.264. The van der Waals surface area contributed by atoms with E-state index in [-0.39, 0.29) is 4.90 Å². The molecule has 0 aliphatic carbocycles. The van der Waals surface area contributed by atoms with Gasteiger partial charge < -0.3 is 9.64 Å². The summed E-state index contributed by atoms with van der Waals surface area (Å²) in [4.78, 5) is 2.31. The molecule has 6 heteroatoms. The monoisotopic (exact) mass is 318 g/mol. The Hall–Kier alpha value is -2.05. The molecule has 0 unspecified atom stereocenters. The standard InChI is InChI=1S/C16H18N2O3S/c1-2-18-11-10-17-22(19,20)16-12-14(8-9-15(16)18)21-13-6-4-3-5-7-13/h3-9,12,17H,2,10-11H2,1H3. The lowest BCUT2D eigenvalue weighted by atomic mass is 10.2. The molecule has 0 fully saturated rings. The molecule has 1 aliphatic rings. The average Bonchev–Trinajstić information content (AvgIpc) is 2.65. The van der Waals surface area contributed by atoms with Gasteiger partial charge in [0.1, 0.15) is 16.4 Å². The van der Waals surface area contributed by atoms with Gasteiger partial charge in [-0.2, -0.15) is 0 Å². The predicted molar refractivity (Wildman–Crippen MR) is 86.0 cm³/mol. The number of ether oxygens (including phenoxy) is 1. The summed E-state index contributed by atoms with van der Waals surface area (Å²) in [5.74, 6) is 1.18. The van der Waals surface area contributed by atoms with Crippen LogP contribution in [0.1, 0.15) is 6.92 Å². The molecular weight excluding hydrogens is 300 g/mol. The highest BCUT2D eigenvalue weighted by atomic mass is 32.2. The van der Waals surface area contributed by atoms with Crippen molar-refractivity contribution in [3.05, 3.63) is 48.5 Å². The molecule has 1 heterocycles. The van der Waals surface area contributed by atoms with Crippen molar-refractivity contribution in [2.24, 2.45) is 0 Å². The molecule has 3 rings (SSSR count). The van der Waals surface area contributed by atoms with Crippen molar-refractivity contribution in [1.29, 1.82) is 0 Å². The number of nitrogens with zero attached hydrogens (tertiary/aromatic N) is 1. The molecule has 1 N–H and O–H groups in total. The maximum Gasteiger partial charge on any atom is 0.242 e. The van der Waals surface area contributed by atoms with Crippen molar-refractivity contribution in [2.45, 2.75) is 11.8 Å². The number of rotatable bonds is 3. The molecule has 1 aliphatic heterocycles. The molecule has 2 aromatic rings. The fourth-order valence-corrected chi connectivity index (χ4v) is 3.76. The molecule has 2 aromatic carbocycles. The molecule has 0 atom stereocenters. The summed E-state index contributed by atoms with van der Waals surface area (Å²) in [5.41, 5.74) is 0.716. The zero-order valence-electron chi connectivity index (χ0n) is 12.3. The van der Waals surface area contributed by atoms with E-state index in [0.717, 1.165) is 6.54 Å². The highest BCUT2D eigenvalue weighted by Gasteiger charge is 2.25. The smallest absolute Gasteiger partial charge is 0.242 e. The summed E-state index contributed by atoms with van der Waals surface area (Å²) >= 11 is 0. The minimum Gasteiger partial charge on any atom is -0.457 e. The molecule has 5 nitrogen and oxygen atoms in total. The maximum absolute atomic E-state index is 12.4. The quantitative estimate of drug-likeness (QED) is 0.945. The number of nitrogens with one attached hydrogen (secondary N) is 1. The van der Waals surface area contributed by atoms with Crippen LogP contribution in [0.4, 0.5) is 5.69 Å². The van der Waals surface area contributed by atoms with Crippen LogP contribution in [0.3, 0.4) is 0 Å². The van der Waals surface area contributed by atoms with Gasteiger partial charge in [0.25, 0.3) is 0 Å². The second-order valence-electron chi connectivity index (χ2n) is 5.02. The Bertz CT molecular complexity index is 760. The van der Waals surface area contributed by atoms with Gasteiger partial charge in [-0.05, 0) is 31.2 Å². The third-order valence-electron chi connectivity index (χ3n) is 3.60. The van der Waals surface area contributed by atoms with Crippen LogP contribution in [0.5, 0.6) is 11.5 Å². The number of hydrogen-bond donors (Lipinski definition) is 1. The SMILES string of the molecule is CCN1CCNS(=O)(=O)c2cc(Oc3ccccc3)ccc21. The third-order valence-corrected chi connectivity index (χ3v) is 5.09. The van der Waals surface area contributed by atoms with Crippen molar-refractivity contribution in [3.63, 3.8) is 0 Å². The molecule has 0 bridgehead atoms. The first-order valence-electron chi connectivity index (χ1n) is 7.22. The minimum atomic E-state index is -3.51. The zero-order chi connectivity index (χ0) is 15.6. The first kappa shape index (κ1) is 14.9. The molecule has 0 saturated heterocycles. The van der Waals surface area contributed by atoms with Crippen LogP contribution in [0.15, 0.2) is 53.4 Å². The van der Waals surface area contributed by atoms with Gasteiger partial charge in [-0.15, -0.1) is 0 Å². The van der Waals surface area contributed by atoms with Crippen molar-refractivity contribution in [3.8, 4) is 11.5 Å². The molecular formula is C16H18N2O3S. The van der Waals surface area contributed by atoms with Crippen molar-refractivity contribution in [1.82, 2.24) is 4.72 Å². The molecule has 22 heavy (non-hydrogen) atoms. The topological polar surface area (TPSA) is 58.6 Å². The maximum atomic E-state index is 12.4. The molecule has 116 valence electrons. The zero-order valence-corrected chi connectivity index (χ0v) is 13.1. The Morgan fingerprint density at radius 1 is 1.14 bits per heavy atom. The van der Waals surface area contributed by atoms with Gasteiger partial charge in [-0.1, -0.05) is 18.2 Å². The van der Waals surface area contributed by atoms with Gasteiger partial charge >= 0.3 is 0 Å². The first-order chi connectivity index (χ1) is 10.6. The van der Waals surface area contributed by atoms with E-state index in [0.29, 0.717) is 30.3 Å². The largest absolute Gasteiger partial charge is 0.457 e. The summed E-state index contributed by atoms with van der Waals surface area (Å²) in [7, 11) is -3.51. The highest BCUT2D eigenvalue weighted by molar-refractivity contribution is 7.89. The normalized spacial score (nSPS) is 16.7. The fourth-order valence-electron chi connectivity index (χ4n) is 2.50. The Balaban J connectivity index is 2.02. The Labute approximate surface area is 130 Å². The van der Waals surface area contributed by atoms with E-state index < -0.39 is 10.0 Å². The van der Waals surface area contributed by atoms with E-state index >= 15 is 0 Å². The number of benzene rings is 2. The summed E-state index contributed by atoms with van der Waals surface area (Å²) in [5, 5.41) is 0. The van der Waals surface area contributed by atoms with Crippen molar-refractivity contribution < 1.29 is 13.2 Å². The van der Waals surface area contributed by atoms with E-state index in [4.69, 9.17) is 4.74 Å². The number of fused-ring (bicyclic) bond motifs is 1. The van der Waals surface area contributed by atoms with E-state index in [1.165, 1.54) is 0 Å². The van der Waals surface area contributed by atoms with Crippen LogP contribution < -0.4 is 14.4 Å². The molecule has 0 radical (unpaired) electrons. The average molecular weight is 318 g/mol. The van der Waals surface area contributed by atoms with Crippen LogP contribution in [0.2, 0.25) is 0 Å². The van der Waals surface area contributed by atoms with Gasteiger partial charge in [0, 0.05) is 25.7 Å². The number of para-hydroxylation sites is 1. The molecule has 0 saturated carbocycles. The van der Waals surface area contributed by atoms with Gasteiger partial charge in [0.2, 0.25) is 10.0 Å². The Morgan fingerprint density at radius 3 is 2.64 bits per heavy atom. The summed E-state index contributed by atoms with van der Waals surface area (Å²) in [6.07, 6.45) is 0. The second-order valence-corrected chi connectivity index (χ2v) is 6.76. The summed E-state index contributed by atoms with van der Waals surface area (Å²) in [6.45, 7) is 3.82. The third kappa shape index (κ3) is 2.93. The van der Waals surface area contributed by atoms with Crippen molar-refractivity contribution in [2.75, 3.05) is 24.5 Å². The van der Waals surface area contributed by atoms with Crippen molar-refractivity contribution >= 4 is 15.7 Å². The summed E-state index contributed by atoms with van der Waals surface area (Å²) < 4.78 is 33.1. The summed E-state index contributed by atoms with van der Waals surface area (Å²) in [6, 6.07) is 14.5. The lowest BCUT2D eigenvalue weighted by Gasteiger charge is -2.22. The molecule has 0 aromatic heterocycles. The number of anilines is 1. The lowest BCUT2D eigenvalue weighted by molar-refractivity contribution is 0.480. The molecule has 0 amide bonds. The number of hydrogen-bond acceptors (Lipinski definition) is 4. The lowest BCUT2D eigenvalue weighted by Crippen LogP contribution is -2.29. The van der Waals surface area contributed by atoms with E-state index in [1.54, 1.807) is 12.1 Å². The van der Waals surface area contributed by atoms with Crippen LogP contribution in [-0.2, 0) is 10.0 Å². The van der Waals surface area contributed by atoms with E-state index in [2.05, 4.69) is 4.72 Å². The van der Waals surface area contributed by atoms with Gasteiger partial charge in [-0.25, -0.2) is 13.1 Å². The fraction of sp³-hybridized carbons (Fsp3) is 0.250. The van der Waals surface area contributed by atoms with Gasteiger partial charge in [0.05, 0.1) is 5.69 Å². The van der Waals surface area contributed by atoms with Crippen LogP contribution in [-0.4, -0.2) is 28.1 Å².